The van der Waals surface area contributed by atoms with Crippen molar-refractivity contribution in [2.45, 2.75) is 33.8 Å². The van der Waals surface area contributed by atoms with Crippen LogP contribution in [0.2, 0.25) is 10.0 Å². The van der Waals surface area contributed by atoms with Gasteiger partial charge in [0.05, 0.1) is 22.8 Å². The molecule has 0 aliphatic carbocycles. The normalized spacial score (nSPS) is 11.0. The van der Waals surface area contributed by atoms with Crippen molar-refractivity contribution in [3.8, 4) is 11.5 Å². The summed E-state index contributed by atoms with van der Waals surface area (Å²) in [5, 5.41) is 5.23. The fraction of sp³-hybridized carbons (Fsp3) is 0.231. The Morgan fingerprint density at radius 2 is 1.82 bits per heavy atom. The lowest BCUT2D eigenvalue weighted by Crippen LogP contribution is -2.20. The van der Waals surface area contributed by atoms with Gasteiger partial charge in [-0.2, -0.15) is 5.10 Å². The third kappa shape index (κ3) is 7.35. The average molecular weight is 611 g/mol. The molecule has 0 spiro atoms. The molecule has 1 N–H and O–H groups in total. The number of ether oxygens (including phenoxy) is 2. The maximum Gasteiger partial charge on any atom is 0.244 e. The lowest BCUT2D eigenvalue weighted by molar-refractivity contribution is -0.120. The zero-order chi connectivity index (χ0) is 24.7. The maximum absolute atomic E-state index is 12.3. The van der Waals surface area contributed by atoms with Gasteiger partial charge in [-0.25, -0.2) is 5.43 Å². The molecule has 178 valence electrons. The molecule has 8 heteroatoms. The van der Waals surface area contributed by atoms with Gasteiger partial charge in [-0.1, -0.05) is 53.0 Å². The van der Waals surface area contributed by atoms with E-state index in [9.17, 15) is 4.79 Å². The predicted molar refractivity (Wildman–Crippen MR) is 146 cm³/mol. The summed E-state index contributed by atoms with van der Waals surface area (Å²) in [5.41, 5.74) is 7.43. The summed E-state index contributed by atoms with van der Waals surface area (Å²) in [6.07, 6.45) is 1.86. The summed E-state index contributed by atoms with van der Waals surface area (Å²) in [6, 6.07) is 15.1. The monoisotopic (exact) mass is 610 g/mol. The fourth-order valence-corrected chi connectivity index (χ4v) is 4.53. The van der Waals surface area contributed by atoms with Crippen LogP contribution < -0.4 is 14.9 Å². The second kappa shape index (κ2) is 12.4. The second-order valence-electron chi connectivity index (χ2n) is 7.69. The van der Waals surface area contributed by atoms with Crippen molar-refractivity contribution in [3.63, 3.8) is 0 Å². The van der Waals surface area contributed by atoms with E-state index in [1.807, 2.05) is 51.1 Å². The van der Waals surface area contributed by atoms with Gasteiger partial charge in [-0.15, -0.1) is 0 Å². The number of benzene rings is 3. The molecule has 5 nitrogen and oxygen atoms in total. The fourth-order valence-electron chi connectivity index (χ4n) is 3.29. The smallest absolute Gasteiger partial charge is 0.244 e. The second-order valence-corrected chi connectivity index (χ2v) is 9.69. The van der Waals surface area contributed by atoms with Crippen molar-refractivity contribution >= 4 is 57.9 Å². The molecule has 0 heterocycles. The van der Waals surface area contributed by atoms with Gasteiger partial charge in [-0.3, -0.25) is 4.79 Å². The molecule has 34 heavy (non-hydrogen) atoms. The number of aryl methyl sites for hydroxylation is 2. The molecule has 0 atom stereocenters. The summed E-state index contributed by atoms with van der Waals surface area (Å²) < 4.78 is 12.7. The van der Waals surface area contributed by atoms with Crippen LogP contribution >= 0.6 is 45.8 Å². The summed E-state index contributed by atoms with van der Waals surface area (Å²) >= 11 is 14.4. The molecule has 0 bridgehead atoms. The molecule has 3 rings (SSSR count). The van der Waals surface area contributed by atoms with E-state index in [1.54, 1.807) is 18.3 Å². The summed E-state index contributed by atoms with van der Waals surface area (Å²) in [6.45, 7) is 6.68. The first-order valence-electron chi connectivity index (χ1n) is 10.7. The van der Waals surface area contributed by atoms with Gasteiger partial charge in [0, 0.05) is 15.6 Å². The van der Waals surface area contributed by atoms with Crippen LogP contribution in [-0.2, 0) is 17.8 Å². The number of hydrogen-bond donors (Lipinski definition) is 1. The zero-order valence-electron chi connectivity index (χ0n) is 19.1. The van der Waals surface area contributed by atoms with Crippen molar-refractivity contribution in [3.05, 3.63) is 90.0 Å². The van der Waals surface area contributed by atoms with E-state index in [1.165, 1.54) is 5.56 Å². The van der Waals surface area contributed by atoms with Crippen molar-refractivity contribution in [2.75, 3.05) is 6.61 Å². The lowest BCUT2D eigenvalue weighted by Gasteiger charge is -2.15. The Bertz CT molecular complexity index is 1210. The number of hydrogen-bond acceptors (Lipinski definition) is 4. The van der Waals surface area contributed by atoms with Gasteiger partial charge in [0.1, 0.15) is 6.61 Å². The van der Waals surface area contributed by atoms with Crippen molar-refractivity contribution in [2.24, 2.45) is 5.10 Å². The van der Waals surface area contributed by atoms with Crippen LogP contribution in [0.15, 0.2) is 53.6 Å². The molecule has 3 aromatic rings. The molecule has 0 aromatic heterocycles. The molecular formula is C26H25Cl2IN2O3. The van der Waals surface area contributed by atoms with Crippen LogP contribution in [0.4, 0.5) is 0 Å². The van der Waals surface area contributed by atoms with Crippen molar-refractivity contribution < 1.29 is 14.3 Å². The topological polar surface area (TPSA) is 59.9 Å². The third-order valence-electron chi connectivity index (χ3n) is 4.97. The van der Waals surface area contributed by atoms with E-state index < -0.39 is 0 Å². The van der Waals surface area contributed by atoms with Gasteiger partial charge in [0.25, 0.3) is 0 Å². The number of carbonyl (C=O) groups excluding carboxylic acids is 1. The SMILES string of the molecule is CCOc1cc(/C=N\NC(=O)Cc2ccc(C)cc2C)cc(I)c1OCc1ccc(Cl)cc1Cl. The number of halogens is 3. The van der Waals surface area contributed by atoms with E-state index in [2.05, 4.69) is 39.2 Å². The first kappa shape index (κ1) is 26.3. The van der Waals surface area contributed by atoms with Crippen LogP contribution in [-0.4, -0.2) is 18.7 Å². The number of nitrogens with one attached hydrogen (secondary N) is 1. The molecule has 0 fully saturated rings. The quantitative estimate of drug-likeness (QED) is 0.163. The highest BCUT2D eigenvalue weighted by atomic mass is 127. The predicted octanol–water partition coefficient (Wildman–Crippen LogP) is 6.89. The summed E-state index contributed by atoms with van der Waals surface area (Å²) in [7, 11) is 0. The lowest BCUT2D eigenvalue weighted by atomic mass is 10.0. The molecule has 0 saturated heterocycles. The molecule has 0 unspecified atom stereocenters. The highest BCUT2D eigenvalue weighted by Crippen LogP contribution is 2.35. The van der Waals surface area contributed by atoms with Crippen LogP contribution in [0.3, 0.4) is 0 Å². The molecular weight excluding hydrogens is 586 g/mol. The Labute approximate surface area is 223 Å². The van der Waals surface area contributed by atoms with Crippen LogP contribution in [0.5, 0.6) is 11.5 Å². The third-order valence-corrected chi connectivity index (χ3v) is 6.36. The zero-order valence-corrected chi connectivity index (χ0v) is 22.8. The molecule has 0 radical (unpaired) electrons. The van der Waals surface area contributed by atoms with Gasteiger partial charge in [-0.05, 0) is 84.3 Å². The molecule has 3 aromatic carbocycles. The average Bonchev–Trinajstić information content (AvgIpc) is 2.76. The van der Waals surface area contributed by atoms with Gasteiger partial charge in [0.2, 0.25) is 5.91 Å². The number of hydrazone groups is 1. The van der Waals surface area contributed by atoms with Crippen molar-refractivity contribution in [1.82, 2.24) is 5.43 Å². The Kier molecular flexibility index (Phi) is 9.62. The standard InChI is InChI=1S/C26H25Cl2IN2O3/c1-4-33-24-11-18(14-30-31-25(32)12-19-6-5-16(2)9-17(19)3)10-23(29)26(24)34-15-20-7-8-21(27)13-22(20)28/h5-11,13-14H,4,12,15H2,1-3H3,(H,31,32)/b30-14-. The van der Waals surface area contributed by atoms with Crippen LogP contribution in [0.25, 0.3) is 0 Å². The first-order valence-corrected chi connectivity index (χ1v) is 12.5. The van der Waals surface area contributed by atoms with E-state index in [-0.39, 0.29) is 18.9 Å². The molecule has 0 aliphatic rings. The Morgan fingerprint density at radius 3 is 2.53 bits per heavy atom. The van der Waals surface area contributed by atoms with E-state index in [0.29, 0.717) is 28.2 Å². The minimum atomic E-state index is -0.178. The largest absolute Gasteiger partial charge is 0.490 e. The minimum absolute atomic E-state index is 0.178. The number of rotatable bonds is 9. The van der Waals surface area contributed by atoms with Gasteiger partial charge < -0.3 is 9.47 Å². The van der Waals surface area contributed by atoms with Crippen molar-refractivity contribution in [1.29, 1.82) is 0 Å². The highest BCUT2D eigenvalue weighted by Gasteiger charge is 2.13. The minimum Gasteiger partial charge on any atom is -0.490 e. The molecule has 0 aliphatic heterocycles. The number of nitrogens with zero attached hydrogens (tertiary/aromatic N) is 1. The highest BCUT2D eigenvalue weighted by molar-refractivity contribution is 14.1. The van der Waals surface area contributed by atoms with Crippen LogP contribution in [0.1, 0.15) is 34.7 Å². The Balaban J connectivity index is 1.68. The maximum atomic E-state index is 12.3. The van der Waals surface area contributed by atoms with Crippen LogP contribution in [0, 0.1) is 17.4 Å². The summed E-state index contributed by atoms with van der Waals surface area (Å²) in [5.74, 6) is 1.02. The molecule has 1 amide bonds. The molecule has 0 saturated carbocycles. The van der Waals surface area contributed by atoms with E-state index >= 15 is 0 Å². The number of amides is 1. The van der Waals surface area contributed by atoms with Gasteiger partial charge >= 0.3 is 0 Å². The van der Waals surface area contributed by atoms with Gasteiger partial charge in [0.15, 0.2) is 11.5 Å². The Hall–Kier alpha value is -2.29. The number of carbonyl (C=O) groups is 1. The Morgan fingerprint density at radius 1 is 1.06 bits per heavy atom. The first-order chi connectivity index (χ1) is 16.3. The van der Waals surface area contributed by atoms with E-state index in [4.69, 9.17) is 32.7 Å². The van der Waals surface area contributed by atoms with E-state index in [0.717, 1.165) is 25.8 Å². The summed E-state index contributed by atoms with van der Waals surface area (Å²) in [4.78, 5) is 12.3.